The van der Waals surface area contributed by atoms with Gasteiger partial charge in [-0.25, -0.2) is 0 Å². The van der Waals surface area contributed by atoms with Crippen LogP contribution in [0.2, 0.25) is 0 Å². The Morgan fingerprint density at radius 1 is 0.952 bits per heavy atom. The van der Waals surface area contributed by atoms with E-state index in [4.69, 9.17) is 0 Å². The zero-order valence-electron chi connectivity index (χ0n) is 13.8. The number of hydrogen-bond acceptors (Lipinski definition) is 2. The Morgan fingerprint density at radius 3 is 2.43 bits per heavy atom. The predicted octanol–water partition coefficient (Wildman–Crippen LogP) is 3.63. The molecule has 0 radical (unpaired) electrons. The second-order valence-corrected chi connectivity index (χ2v) is 7.01. The molecule has 2 fully saturated rings. The molecule has 3 nitrogen and oxygen atoms in total. The molecule has 0 aromatic heterocycles. The van der Waals surface area contributed by atoms with Gasteiger partial charge in [-0.05, 0) is 31.1 Å². The molecule has 2 saturated carbocycles. The maximum absolute atomic E-state index is 11.7. The molecule has 21 heavy (non-hydrogen) atoms. The van der Waals surface area contributed by atoms with Crippen molar-refractivity contribution in [2.75, 3.05) is 13.1 Å². The molecule has 3 heteroatoms. The summed E-state index contributed by atoms with van der Waals surface area (Å²) in [7, 11) is 0. The van der Waals surface area contributed by atoms with E-state index < -0.39 is 0 Å². The Balaban J connectivity index is 1.72. The Bertz CT molecular complexity index is 300. The lowest BCUT2D eigenvalue weighted by atomic mass is 9.71. The molecule has 0 spiro atoms. The van der Waals surface area contributed by atoms with Crippen molar-refractivity contribution < 1.29 is 4.79 Å². The van der Waals surface area contributed by atoms with Crippen molar-refractivity contribution in [3.05, 3.63) is 0 Å². The van der Waals surface area contributed by atoms with E-state index in [9.17, 15) is 4.79 Å². The number of carbonyl (C=O) groups excluding carboxylic acids is 1. The molecular weight excluding hydrogens is 260 g/mol. The largest absolute Gasteiger partial charge is 0.356 e. The third-order valence-electron chi connectivity index (χ3n) is 5.41. The fourth-order valence-corrected chi connectivity index (χ4v) is 4.26. The number of carbonyl (C=O) groups is 1. The van der Waals surface area contributed by atoms with E-state index in [1.54, 1.807) is 0 Å². The monoisotopic (exact) mass is 294 g/mol. The van der Waals surface area contributed by atoms with Crippen LogP contribution in [0.5, 0.6) is 0 Å². The first-order chi connectivity index (χ1) is 10.3. The van der Waals surface area contributed by atoms with Crippen LogP contribution < -0.4 is 10.6 Å². The van der Waals surface area contributed by atoms with Crippen molar-refractivity contribution in [3.63, 3.8) is 0 Å². The first-order valence-corrected chi connectivity index (χ1v) is 9.31. The third-order valence-corrected chi connectivity index (χ3v) is 5.41. The molecule has 2 atom stereocenters. The lowest BCUT2D eigenvalue weighted by molar-refractivity contribution is -0.121. The zero-order chi connectivity index (χ0) is 14.9. The highest BCUT2D eigenvalue weighted by atomic mass is 16.1. The summed E-state index contributed by atoms with van der Waals surface area (Å²) < 4.78 is 0. The summed E-state index contributed by atoms with van der Waals surface area (Å²) in [6, 6.07) is 0.667. The summed E-state index contributed by atoms with van der Waals surface area (Å²) in [6.45, 7) is 3.76. The molecule has 0 bridgehead atoms. The fraction of sp³-hybridized carbons (Fsp3) is 0.944. The van der Waals surface area contributed by atoms with Crippen LogP contribution in [0.3, 0.4) is 0 Å². The molecule has 0 saturated heterocycles. The summed E-state index contributed by atoms with van der Waals surface area (Å²) in [5, 5.41) is 6.68. The number of rotatable bonds is 7. The molecule has 0 heterocycles. The van der Waals surface area contributed by atoms with E-state index in [2.05, 4.69) is 17.6 Å². The van der Waals surface area contributed by atoms with E-state index in [0.29, 0.717) is 12.5 Å². The maximum Gasteiger partial charge on any atom is 0.221 e. The number of nitrogens with one attached hydrogen (secondary N) is 2. The van der Waals surface area contributed by atoms with Gasteiger partial charge in [0.1, 0.15) is 0 Å². The minimum absolute atomic E-state index is 0.203. The third kappa shape index (κ3) is 5.61. The SMILES string of the molecule is CCCNC(=O)CCNC1CCCCC1C1CCCCC1. The highest BCUT2D eigenvalue weighted by Crippen LogP contribution is 2.38. The Hall–Kier alpha value is -0.570. The van der Waals surface area contributed by atoms with Crippen LogP contribution in [0.1, 0.15) is 77.6 Å². The van der Waals surface area contributed by atoms with E-state index in [-0.39, 0.29) is 5.91 Å². The molecule has 1 amide bonds. The molecule has 2 aliphatic carbocycles. The molecule has 2 aliphatic rings. The molecular formula is C18H34N2O. The smallest absolute Gasteiger partial charge is 0.221 e. The van der Waals surface area contributed by atoms with Crippen molar-refractivity contribution in [1.82, 2.24) is 10.6 Å². The normalized spacial score (nSPS) is 27.5. The summed E-state index contributed by atoms with van der Waals surface area (Å²) in [5.74, 6) is 2.03. The minimum atomic E-state index is 0.203. The average molecular weight is 294 g/mol. The average Bonchev–Trinajstić information content (AvgIpc) is 2.54. The fourth-order valence-electron chi connectivity index (χ4n) is 4.26. The highest BCUT2D eigenvalue weighted by Gasteiger charge is 2.32. The second kappa shape index (κ2) is 9.45. The van der Waals surface area contributed by atoms with Gasteiger partial charge in [-0.2, -0.15) is 0 Å². The van der Waals surface area contributed by atoms with Gasteiger partial charge in [0.2, 0.25) is 5.91 Å². The molecule has 122 valence electrons. The van der Waals surface area contributed by atoms with Crippen LogP contribution in [-0.4, -0.2) is 25.0 Å². The molecule has 0 aliphatic heterocycles. The van der Waals surface area contributed by atoms with Crippen LogP contribution in [0.4, 0.5) is 0 Å². The first-order valence-electron chi connectivity index (χ1n) is 9.31. The van der Waals surface area contributed by atoms with Crippen molar-refractivity contribution in [3.8, 4) is 0 Å². The quantitative estimate of drug-likeness (QED) is 0.753. The molecule has 2 N–H and O–H groups in total. The van der Waals surface area contributed by atoms with Gasteiger partial charge in [0.05, 0.1) is 0 Å². The van der Waals surface area contributed by atoms with Crippen molar-refractivity contribution in [1.29, 1.82) is 0 Å². The predicted molar refractivity (Wildman–Crippen MR) is 88.2 cm³/mol. The van der Waals surface area contributed by atoms with Crippen molar-refractivity contribution in [2.45, 2.75) is 83.6 Å². The molecule has 2 rings (SSSR count). The van der Waals surface area contributed by atoms with Crippen molar-refractivity contribution >= 4 is 5.91 Å². The van der Waals surface area contributed by atoms with Crippen molar-refractivity contribution in [2.24, 2.45) is 11.8 Å². The van der Waals surface area contributed by atoms with E-state index in [1.807, 2.05) is 0 Å². The van der Waals surface area contributed by atoms with Gasteiger partial charge in [-0.15, -0.1) is 0 Å². The maximum atomic E-state index is 11.7. The lowest BCUT2D eigenvalue weighted by Crippen LogP contribution is -2.43. The second-order valence-electron chi connectivity index (χ2n) is 7.01. The summed E-state index contributed by atoms with van der Waals surface area (Å²) in [6.07, 6.45) is 14.4. The van der Waals surface area contributed by atoms with E-state index in [0.717, 1.165) is 31.3 Å². The van der Waals surface area contributed by atoms with Crippen LogP contribution >= 0.6 is 0 Å². The van der Waals surface area contributed by atoms with Gasteiger partial charge in [0.15, 0.2) is 0 Å². The summed E-state index contributed by atoms with van der Waals surface area (Å²) in [5.41, 5.74) is 0. The van der Waals surface area contributed by atoms with E-state index >= 15 is 0 Å². The van der Waals surface area contributed by atoms with Gasteiger partial charge in [0.25, 0.3) is 0 Å². The Labute approximate surface area is 130 Å². The van der Waals surface area contributed by atoms with Gasteiger partial charge < -0.3 is 10.6 Å². The van der Waals surface area contributed by atoms with Gasteiger partial charge in [-0.1, -0.05) is 51.9 Å². The Kier molecular flexibility index (Phi) is 7.56. The standard InChI is InChI=1S/C18H34N2O/c1-2-13-20-18(21)12-14-19-17-11-7-6-10-16(17)15-8-4-3-5-9-15/h15-17,19H,2-14H2,1H3,(H,20,21). The Morgan fingerprint density at radius 2 is 1.67 bits per heavy atom. The molecule has 0 aromatic carbocycles. The van der Waals surface area contributed by atoms with Crippen LogP contribution in [-0.2, 0) is 4.79 Å². The number of hydrogen-bond donors (Lipinski definition) is 2. The summed E-state index contributed by atoms with van der Waals surface area (Å²) in [4.78, 5) is 11.7. The van der Waals surface area contributed by atoms with Gasteiger partial charge in [0, 0.05) is 25.6 Å². The molecule has 0 aromatic rings. The van der Waals surface area contributed by atoms with Crippen LogP contribution in [0.25, 0.3) is 0 Å². The topological polar surface area (TPSA) is 41.1 Å². The highest BCUT2D eigenvalue weighted by molar-refractivity contribution is 5.75. The van der Waals surface area contributed by atoms with Crippen LogP contribution in [0, 0.1) is 11.8 Å². The van der Waals surface area contributed by atoms with Crippen LogP contribution in [0.15, 0.2) is 0 Å². The molecule has 2 unspecified atom stereocenters. The minimum Gasteiger partial charge on any atom is -0.356 e. The number of amides is 1. The van der Waals surface area contributed by atoms with Gasteiger partial charge >= 0.3 is 0 Å². The zero-order valence-corrected chi connectivity index (χ0v) is 13.8. The first kappa shape index (κ1) is 16.8. The van der Waals surface area contributed by atoms with Gasteiger partial charge in [-0.3, -0.25) is 4.79 Å². The summed E-state index contributed by atoms with van der Waals surface area (Å²) >= 11 is 0. The van der Waals surface area contributed by atoms with E-state index in [1.165, 1.54) is 57.8 Å². The lowest BCUT2D eigenvalue weighted by Gasteiger charge is -2.39.